The van der Waals surface area contributed by atoms with Crippen molar-refractivity contribution in [1.29, 1.82) is 0 Å². The van der Waals surface area contributed by atoms with Gasteiger partial charge in [-0.2, -0.15) is 0 Å². The Kier molecular flexibility index (Phi) is 3.96. The van der Waals surface area contributed by atoms with E-state index < -0.39 is 11.8 Å². The first kappa shape index (κ1) is 14.6. The van der Waals surface area contributed by atoms with Crippen LogP contribution in [0.4, 0.5) is 20.7 Å². The zero-order chi connectivity index (χ0) is 16.2. The molecule has 1 aromatic carbocycles. The van der Waals surface area contributed by atoms with Gasteiger partial charge in [-0.05, 0) is 19.1 Å². The number of carbonyl (C=O) groups is 1. The fourth-order valence-corrected chi connectivity index (χ4v) is 2.00. The summed E-state index contributed by atoms with van der Waals surface area (Å²) in [7, 11) is 0. The number of urea groups is 1. The molecule has 7 nitrogen and oxygen atoms in total. The van der Waals surface area contributed by atoms with Gasteiger partial charge in [0.05, 0.1) is 5.69 Å². The van der Waals surface area contributed by atoms with Crippen molar-refractivity contribution >= 4 is 17.5 Å². The number of halogens is 1. The lowest BCUT2D eigenvalue weighted by Gasteiger charge is -2.09. The smallest absolute Gasteiger partial charge is 0.305 e. The number of para-hydroxylation sites is 1. The summed E-state index contributed by atoms with van der Waals surface area (Å²) in [5, 5.41) is 4.96. The van der Waals surface area contributed by atoms with Gasteiger partial charge in [0.2, 0.25) is 0 Å². The van der Waals surface area contributed by atoms with E-state index >= 15 is 0 Å². The van der Waals surface area contributed by atoms with Gasteiger partial charge < -0.3 is 5.32 Å². The lowest BCUT2D eigenvalue weighted by atomic mass is 10.3. The molecule has 0 radical (unpaired) electrons. The van der Waals surface area contributed by atoms with Crippen LogP contribution in [-0.4, -0.2) is 25.6 Å². The third kappa shape index (κ3) is 3.31. The maximum atomic E-state index is 13.5. The molecule has 8 heteroatoms. The molecule has 2 amide bonds. The molecule has 2 heterocycles. The molecule has 0 atom stereocenters. The predicted octanol–water partition coefficient (Wildman–Crippen LogP) is 2.75. The first-order valence-electron chi connectivity index (χ1n) is 6.78. The van der Waals surface area contributed by atoms with Gasteiger partial charge in [0, 0.05) is 18.5 Å². The normalized spacial score (nSPS) is 10.3. The number of benzene rings is 1. The minimum Gasteiger partial charge on any atom is -0.305 e. The average Bonchev–Trinajstić information content (AvgIpc) is 2.96. The molecule has 0 saturated carbocycles. The largest absolute Gasteiger partial charge is 0.324 e. The first-order valence-corrected chi connectivity index (χ1v) is 6.78. The molecule has 2 N–H and O–H groups in total. The molecule has 116 valence electrons. The quantitative estimate of drug-likeness (QED) is 0.779. The summed E-state index contributed by atoms with van der Waals surface area (Å²) < 4.78 is 15.3. The molecular weight excluding hydrogens is 299 g/mol. The molecule has 3 rings (SSSR count). The van der Waals surface area contributed by atoms with Crippen LogP contribution >= 0.6 is 0 Å². The van der Waals surface area contributed by atoms with Crippen molar-refractivity contribution < 1.29 is 9.18 Å². The highest BCUT2D eigenvalue weighted by Crippen LogP contribution is 2.14. The highest BCUT2D eigenvalue weighted by atomic mass is 19.1. The van der Waals surface area contributed by atoms with E-state index in [1.165, 1.54) is 18.5 Å². The van der Waals surface area contributed by atoms with Gasteiger partial charge in [-0.25, -0.2) is 24.1 Å². The van der Waals surface area contributed by atoms with Crippen molar-refractivity contribution in [2.24, 2.45) is 0 Å². The average molecular weight is 312 g/mol. The van der Waals surface area contributed by atoms with E-state index in [1.807, 2.05) is 6.92 Å². The maximum absolute atomic E-state index is 13.5. The van der Waals surface area contributed by atoms with Gasteiger partial charge in [0.1, 0.15) is 29.6 Å². The molecule has 0 spiro atoms. The van der Waals surface area contributed by atoms with Gasteiger partial charge in [0.15, 0.2) is 0 Å². The van der Waals surface area contributed by atoms with E-state index in [2.05, 4.69) is 25.6 Å². The third-order valence-corrected chi connectivity index (χ3v) is 3.09. The summed E-state index contributed by atoms with van der Waals surface area (Å²) >= 11 is 0. The molecular formula is C15H13FN6O. The van der Waals surface area contributed by atoms with Crippen molar-refractivity contribution in [2.75, 3.05) is 10.6 Å². The van der Waals surface area contributed by atoms with Gasteiger partial charge >= 0.3 is 6.03 Å². The van der Waals surface area contributed by atoms with Crippen molar-refractivity contribution in [3.05, 3.63) is 60.7 Å². The van der Waals surface area contributed by atoms with Crippen LogP contribution in [0.15, 0.2) is 49.1 Å². The number of nitrogens with one attached hydrogen (secondary N) is 2. The van der Waals surface area contributed by atoms with E-state index in [-0.39, 0.29) is 11.5 Å². The Morgan fingerprint density at radius 1 is 1.17 bits per heavy atom. The third-order valence-electron chi connectivity index (χ3n) is 3.09. The van der Waals surface area contributed by atoms with E-state index in [9.17, 15) is 9.18 Å². The van der Waals surface area contributed by atoms with Crippen LogP contribution in [0, 0.1) is 12.7 Å². The Labute approximate surface area is 131 Å². The molecule has 0 unspecified atom stereocenters. The molecule has 0 bridgehead atoms. The summed E-state index contributed by atoms with van der Waals surface area (Å²) in [6.07, 6.45) is 4.73. The summed E-state index contributed by atoms with van der Waals surface area (Å²) in [5.74, 6) is 1.10. The SMILES string of the molecule is Cc1nccn1-c1cc(NC(=O)Nc2ccccc2F)ncn1. The molecule has 0 saturated heterocycles. The summed E-state index contributed by atoms with van der Waals surface area (Å²) in [4.78, 5) is 24.1. The van der Waals surface area contributed by atoms with Crippen molar-refractivity contribution in [3.63, 3.8) is 0 Å². The van der Waals surface area contributed by atoms with Crippen LogP contribution in [0.1, 0.15) is 5.82 Å². The Hall–Kier alpha value is -3.29. The van der Waals surface area contributed by atoms with Crippen LogP contribution in [0.25, 0.3) is 5.82 Å². The summed E-state index contributed by atoms with van der Waals surface area (Å²) in [5.41, 5.74) is 0.0877. The van der Waals surface area contributed by atoms with Crippen molar-refractivity contribution in [1.82, 2.24) is 19.5 Å². The Bertz CT molecular complexity index is 847. The van der Waals surface area contributed by atoms with E-state index in [1.54, 1.807) is 35.2 Å². The van der Waals surface area contributed by atoms with E-state index in [0.717, 1.165) is 5.82 Å². The number of hydrogen-bond acceptors (Lipinski definition) is 4. The number of nitrogens with zero attached hydrogens (tertiary/aromatic N) is 4. The minimum atomic E-state index is -0.595. The van der Waals surface area contributed by atoms with Gasteiger partial charge in [0.25, 0.3) is 0 Å². The van der Waals surface area contributed by atoms with Gasteiger partial charge in [-0.3, -0.25) is 9.88 Å². The Morgan fingerprint density at radius 2 is 2.00 bits per heavy atom. The predicted molar refractivity (Wildman–Crippen MR) is 82.9 cm³/mol. The molecule has 23 heavy (non-hydrogen) atoms. The minimum absolute atomic E-state index is 0.0877. The number of hydrogen-bond donors (Lipinski definition) is 2. The number of carbonyl (C=O) groups excluding carboxylic acids is 1. The van der Waals surface area contributed by atoms with Crippen LogP contribution < -0.4 is 10.6 Å². The highest BCUT2D eigenvalue weighted by Gasteiger charge is 2.09. The molecule has 0 aliphatic carbocycles. The number of amides is 2. The van der Waals surface area contributed by atoms with Crippen LogP contribution in [0.5, 0.6) is 0 Å². The molecule has 3 aromatic rings. The van der Waals surface area contributed by atoms with Crippen LogP contribution in [0.2, 0.25) is 0 Å². The lowest BCUT2D eigenvalue weighted by Crippen LogP contribution is -2.21. The standard InChI is InChI=1S/C15H13FN6O/c1-10-17-6-7-22(10)14-8-13(18-9-19-14)21-15(23)20-12-5-3-2-4-11(12)16/h2-9H,1H3,(H2,18,19,20,21,23). The van der Waals surface area contributed by atoms with E-state index in [0.29, 0.717) is 5.82 Å². The summed E-state index contributed by atoms with van der Waals surface area (Å²) in [6, 6.07) is 6.90. The fraction of sp³-hybridized carbons (Fsp3) is 0.0667. The Morgan fingerprint density at radius 3 is 2.74 bits per heavy atom. The van der Waals surface area contributed by atoms with Crippen molar-refractivity contribution in [2.45, 2.75) is 6.92 Å². The second kappa shape index (κ2) is 6.22. The Balaban J connectivity index is 1.74. The first-order chi connectivity index (χ1) is 11.1. The highest BCUT2D eigenvalue weighted by molar-refractivity contribution is 5.99. The zero-order valence-corrected chi connectivity index (χ0v) is 12.2. The van der Waals surface area contributed by atoms with Crippen molar-refractivity contribution in [3.8, 4) is 5.82 Å². The second-order valence-electron chi connectivity index (χ2n) is 4.66. The second-order valence-corrected chi connectivity index (χ2v) is 4.66. The number of imidazole rings is 1. The van der Waals surface area contributed by atoms with E-state index in [4.69, 9.17) is 0 Å². The monoisotopic (exact) mass is 312 g/mol. The van der Waals surface area contributed by atoms with Crippen LogP contribution in [-0.2, 0) is 0 Å². The molecule has 0 fully saturated rings. The topological polar surface area (TPSA) is 84.7 Å². The number of aryl methyl sites for hydroxylation is 1. The number of aromatic nitrogens is 4. The molecule has 2 aromatic heterocycles. The van der Waals surface area contributed by atoms with Gasteiger partial charge in [-0.1, -0.05) is 12.1 Å². The van der Waals surface area contributed by atoms with Gasteiger partial charge in [-0.15, -0.1) is 0 Å². The zero-order valence-electron chi connectivity index (χ0n) is 12.2. The lowest BCUT2D eigenvalue weighted by molar-refractivity contribution is 0.262. The van der Waals surface area contributed by atoms with Crippen LogP contribution in [0.3, 0.4) is 0 Å². The number of anilines is 2. The maximum Gasteiger partial charge on any atom is 0.324 e. The number of rotatable bonds is 3. The fourth-order valence-electron chi connectivity index (χ4n) is 2.00. The summed E-state index contributed by atoms with van der Waals surface area (Å²) in [6.45, 7) is 1.83. The molecule has 0 aliphatic rings. The molecule has 0 aliphatic heterocycles.